The number of amidine groups is 1. The largest absolute Gasteiger partial charge is 0.284 e. The van der Waals surface area contributed by atoms with Crippen molar-refractivity contribution < 1.29 is 18.1 Å². The number of hydrogen-bond acceptors (Lipinski definition) is 6. The van der Waals surface area contributed by atoms with Crippen molar-refractivity contribution in [3.05, 3.63) is 87.3 Å². The first-order valence-electron chi connectivity index (χ1n) is 9.26. The molecule has 0 spiro atoms. The molecule has 31 heavy (non-hydrogen) atoms. The van der Waals surface area contributed by atoms with Crippen LogP contribution >= 0.6 is 11.8 Å². The maximum absolute atomic E-state index is 12.8. The van der Waals surface area contributed by atoms with Crippen LogP contribution in [0.4, 0.5) is 5.69 Å². The molecule has 1 aliphatic rings. The van der Waals surface area contributed by atoms with Crippen LogP contribution in [-0.4, -0.2) is 35.9 Å². The lowest BCUT2D eigenvalue weighted by molar-refractivity contribution is -0.384. The zero-order chi connectivity index (χ0) is 22.6. The topological polar surface area (TPSA) is 110 Å². The van der Waals surface area contributed by atoms with Crippen molar-refractivity contribution in [1.82, 2.24) is 4.90 Å². The third-order valence-corrected chi connectivity index (χ3v) is 6.81. The Morgan fingerprint density at radius 1 is 1.23 bits per heavy atom. The van der Waals surface area contributed by atoms with Gasteiger partial charge in [0.2, 0.25) is 0 Å². The van der Waals surface area contributed by atoms with E-state index in [0.29, 0.717) is 5.56 Å². The molecule has 0 bridgehead atoms. The molecule has 0 aromatic heterocycles. The first-order valence-corrected chi connectivity index (χ1v) is 11.5. The highest BCUT2D eigenvalue weighted by molar-refractivity contribution is 8.19. The lowest BCUT2D eigenvalue weighted by Crippen LogP contribution is -2.29. The van der Waals surface area contributed by atoms with Crippen molar-refractivity contribution in [1.29, 1.82) is 0 Å². The van der Waals surface area contributed by atoms with Gasteiger partial charge in [-0.1, -0.05) is 37.3 Å². The molecule has 1 heterocycles. The maximum Gasteiger partial charge on any atom is 0.284 e. The predicted molar refractivity (Wildman–Crippen MR) is 121 cm³/mol. The van der Waals surface area contributed by atoms with E-state index in [0.717, 1.165) is 23.7 Å². The molecular weight excluding hydrogens is 438 g/mol. The van der Waals surface area contributed by atoms with E-state index >= 15 is 0 Å². The molecule has 0 N–H and O–H groups in total. The fourth-order valence-electron chi connectivity index (χ4n) is 2.80. The average Bonchev–Trinajstić information content (AvgIpc) is 3.02. The van der Waals surface area contributed by atoms with Crippen LogP contribution in [0.2, 0.25) is 0 Å². The van der Waals surface area contributed by atoms with Gasteiger partial charge in [-0.2, -0.15) is 8.42 Å². The van der Waals surface area contributed by atoms with Gasteiger partial charge in [0, 0.05) is 18.7 Å². The molecule has 0 atom stereocenters. The molecule has 160 valence electrons. The Bertz CT molecular complexity index is 1200. The van der Waals surface area contributed by atoms with E-state index in [-0.39, 0.29) is 27.2 Å². The summed E-state index contributed by atoms with van der Waals surface area (Å²) in [5, 5.41) is 11.0. The number of aryl methyl sites for hydroxylation is 1. The van der Waals surface area contributed by atoms with Gasteiger partial charge in [-0.05, 0) is 47.5 Å². The summed E-state index contributed by atoms with van der Waals surface area (Å²) in [4.78, 5) is 24.7. The van der Waals surface area contributed by atoms with E-state index in [1.54, 1.807) is 18.2 Å². The second-order valence-corrected chi connectivity index (χ2v) is 9.13. The molecule has 2 aromatic rings. The van der Waals surface area contributed by atoms with Crippen LogP contribution < -0.4 is 0 Å². The normalized spacial score (nSPS) is 16.8. The highest BCUT2D eigenvalue weighted by Crippen LogP contribution is 2.34. The Morgan fingerprint density at radius 2 is 1.94 bits per heavy atom. The van der Waals surface area contributed by atoms with Crippen LogP contribution in [0, 0.1) is 10.1 Å². The molecule has 2 aromatic carbocycles. The number of thioether (sulfide) groups is 1. The highest BCUT2D eigenvalue weighted by Gasteiger charge is 2.34. The quantitative estimate of drug-likeness (QED) is 0.269. The second-order valence-electron chi connectivity index (χ2n) is 6.51. The summed E-state index contributed by atoms with van der Waals surface area (Å²) in [6.07, 6.45) is 3.71. The van der Waals surface area contributed by atoms with Crippen molar-refractivity contribution in [3.63, 3.8) is 0 Å². The number of benzene rings is 2. The van der Waals surface area contributed by atoms with Crippen LogP contribution in [0.3, 0.4) is 0 Å². The third kappa shape index (κ3) is 5.09. The summed E-state index contributed by atoms with van der Waals surface area (Å²) in [7, 11) is -4.04. The van der Waals surface area contributed by atoms with Crippen LogP contribution in [0.15, 0.2) is 75.4 Å². The SMILES string of the molecule is C=CCN1C(=O)C(=Cc2cccc([N+](=O)[O-])c2)SC1=NS(=O)(=O)c1ccc(CC)cc1. The minimum absolute atomic E-state index is 0.00106. The Balaban J connectivity index is 1.98. The van der Waals surface area contributed by atoms with E-state index in [4.69, 9.17) is 0 Å². The zero-order valence-corrected chi connectivity index (χ0v) is 18.2. The number of nitrogens with zero attached hydrogens (tertiary/aromatic N) is 3. The van der Waals surface area contributed by atoms with Crippen LogP contribution in [0.5, 0.6) is 0 Å². The lowest BCUT2D eigenvalue weighted by Gasteiger charge is -2.12. The van der Waals surface area contributed by atoms with Crippen LogP contribution in [-0.2, 0) is 21.2 Å². The fraction of sp³-hybridized carbons (Fsp3) is 0.143. The van der Waals surface area contributed by atoms with Gasteiger partial charge in [-0.25, -0.2) is 0 Å². The molecule has 8 nitrogen and oxygen atoms in total. The molecule has 0 unspecified atom stereocenters. The average molecular weight is 458 g/mol. The first kappa shape index (κ1) is 22.4. The molecule has 0 aliphatic carbocycles. The highest BCUT2D eigenvalue weighted by atomic mass is 32.2. The minimum atomic E-state index is -4.04. The number of carbonyl (C=O) groups is 1. The van der Waals surface area contributed by atoms with Gasteiger partial charge in [0.05, 0.1) is 14.7 Å². The predicted octanol–water partition coefficient (Wildman–Crippen LogP) is 4.00. The van der Waals surface area contributed by atoms with Crippen LogP contribution in [0.1, 0.15) is 18.1 Å². The number of hydrogen-bond donors (Lipinski definition) is 0. The molecular formula is C21H19N3O5S2. The number of nitro benzene ring substituents is 1. The number of carbonyl (C=O) groups excluding carboxylic acids is 1. The molecule has 1 fully saturated rings. The smallest absolute Gasteiger partial charge is 0.282 e. The zero-order valence-electron chi connectivity index (χ0n) is 16.6. The van der Waals surface area contributed by atoms with E-state index in [1.165, 1.54) is 47.4 Å². The summed E-state index contributed by atoms with van der Waals surface area (Å²) in [5.41, 5.74) is 1.33. The van der Waals surface area contributed by atoms with Gasteiger partial charge in [-0.3, -0.25) is 19.8 Å². The Kier molecular flexibility index (Phi) is 6.71. The summed E-state index contributed by atoms with van der Waals surface area (Å²) < 4.78 is 29.4. The minimum Gasteiger partial charge on any atom is -0.282 e. The Hall–Kier alpha value is -3.24. The number of non-ortho nitro benzene ring substituents is 1. The van der Waals surface area contributed by atoms with Gasteiger partial charge in [0.25, 0.3) is 21.6 Å². The van der Waals surface area contributed by atoms with Crippen LogP contribution in [0.25, 0.3) is 6.08 Å². The van der Waals surface area contributed by atoms with Gasteiger partial charge in [0.15, 0.2) is 5.17 Å². The molecule has 1 saturated heterocycles. The van der Waals surface area contributed by atoms with E-state index < -0.39 is 20.9 Å². The van der Waals surface area contributed by atoms with Crippen molar-refractivity contribution in [2.24, 2.45) is 4.40 Å². The van der Waals surface area contributed by atoms with Crippen molar-refractivity contribution in [3.8, 4) is 0 Å². The standard InChI is InChI=1S/C21H19N3O5S2/c1-3-12-23-20(25)19(14-16-6-5-7-17(13-16)24(26)27)30-21(23)22-31(28,29)18-10-8-15(4-2)9-11-18/h3,5-11,13-14H,1,4,12H2,2H3. The van der Waals surface area contributed by atoms with E-state index in [9.17, 15) is 23.3 Å². The first-order chi connectivity index (χ1) is 14.7. The molecule has 1 aliphatic heterocycles. The Labute approximate surface area is 184 Å². The van der Waals surface area contributed by atoms with Crippen molar-refractivity contribution in [2.75, 3.05) is 6.54 Å². The molecule has 3 rings (SSSR count). The number of sulfonamides is 1. The maximum atomic E-state index is 12.8. The van der Waals surface area contributed by atoms with Gasteiger partial charge in [0.1, 0.15) is 0 Å². The summed E-state index contributed by atoms with van der Waals surface area (Å²) >= 11 is 0.896. The van der Waals surface area contributed by atoms with E-state index in [2.05, 4.69) is 11.0 Å². The molecule has 1 amide bonds. The molecule has 10 heteroatoms. The number of nitro groups is 1. The number of rotatable bonds is 7. The van der Waals surface area contributed by atoms with E-state index in [1.807, 2.05) is 6.92 Å². The monoisotopic (exact) mass is 457 g/mol. The summed E-state index contributed by atoms with van der Waals surface area (Å²) in [6, 6.07) is 12.2. The van der Waals surface area contributed by atoms with Gasteiger partial charge < -0.3 is 0 Å². The lowest BCUT2D eigenvalue weighted by atomic mass is 10.2. The van der Waals surface area contributed by atoms with Gasteiger partial charge >= 0.3 is 0 Å². The molecule has 0 radical (unpaired) electrons. The molecule has 0 saturated carbocycles. The van der Waals surface area contributed by atoms with Crippen molar-refractivity contribution >= 4 is 44.6 Å². The fourth-order valence-corrected chi connectivity index (χ4v) is 4.99. The van der Waals surface area contributed by atoms with Gasteiger partial charge in [-0.15, -0.1) is 11.0 Å². The second kappa shape index (κ2) is 9.27. The third-order valence-electron chi connectivity index (χ3n) is 4.41. The summed E-state index contributed by atoms with van der Waals surface area (Å²) in [6.45, 7) is 5.64. The van der Waals surface area contributed by atoms with Crippen molar-refractivity contribution in [2.45, 2.75) is 18.2 Å². The Morgan fingerprint density at radius 3 is 2.55 bits per heavy atom. The summed E-state index contributed by atoms with van der Waals surface area (Å²) in [5.74, 6) is -0.452. The number of amides is 1.